The number of ether oxygens (including phenoxy) is 1. The van der Waals surface area contributed by atoms with Gasteiger partial charge in [-0.25, -0.2) is 4.79 Å². The van der Waals surface area contributed by atoms with Gasteiger partial charge in [0.2, 0.25) is 0 Å². The summed E-state index contributed by atoms with van der Waals surface area (Å²) in [5.41, 5.74) is 5.87. The highest BCUT2D eigenvalue weighted by Crippen LogP contribution is 2.38. The molecule has 1 aromatic carbocycles. The molecular formula is C15H23NO4Si. The number of methoxy groups -OCH3 is 1. The molecule has 21 heavy (non-hydrogen) atoms. The van der Waals surface area contributed by atoms with Gasteiger partial charge in [0.25, 0.3) is 14.2 Å². The van der Waals surface area contributed by atoms with Crippen molar-refractivity contribution in [2.24, 2.45) is 5.73 Å². The number of primary amides is 1. The van der Waals surface area contributed by atoms with E-state index in [0.29, 0.717) is 5.75 Å². The lowest BCUT2D eigenvalue weighted by molar-refractivity contribution is 0.0600. The minimum Gasteiger partial charge on any atom is -0.543 e. The van der Waals surface area contributed by atoms with E-state index in [-0.39, 0.29) is 16.2 Å². The van der Waals surface area contributed by atoms with E-state index in [0.717, 1.165) is 0 Å². The minimum absolute atomic E-state index is 0.0110. The maximum atomic E-state index is 11.6. The molecule has 116 valence electrons. The van der Waals surface area contributed by atoms with Crippen LogP contribution in [-0.2, 0) is 4.74 Å². The standard InChI is InChI=1S/C15H23NO4Si/c1-15(2,3)21(5,6)20-12-8-7-10(14(18)19-4)9-11(12)13(16)17/h7-9H,1-6H3,(H2,16,17). The van der Waals surface area contributed by atoms with Crippen molar-refractivity contribution in [3.63, 3.8) is 0 Å². The van der Waals surface area contributed by atoms with Crippen molar-refractivity contribution in [2.45, 2.75) is 38.9 Å². The molecule has 6 heteroatoms. The minimum atomic E-state index is -2.10. The SMILES string of the molecule is COC(=O)c1ccc(O[Si](C)(C)C(C)(C)C)c(C(N)=O)c1. The van der Waals surface area contributed by atoms with Gasteiger partial charge in [0.15, 0.2) is 0 Å². The lowest BCUT2D eigenvalue weighted by Crippen LogP contribution is -2.44. The first-order chi connectivity index (χ1) is 9.49. The summed E-state index contributed by atoms with van der Waals surface area (Å²) in [7, 11) is -0.816. The summed E-state index contributed by atoms with van der Waals surface area (Å²) >= 11 is 0. The van der Waals surface area contributed by atoms with Crippen LogP contribution in [0.4, 0.5) is 0 Å². The van der Waals surface area contributed by atoms with Gasteiger partial charge >= 0.3 is 5.97 Å². The van der Waals surface area contributed by atoms with Gasteiger partial charge in [-0.15, -0.1) is 0 Å². The molecule has 0 saturated carbocycles. The second-order valence-corrected chi connectivity index (χ2v) is 11.2. The number of nitrogens with two attached hydrogens (primary N) is 1. The third-order valence-corrected chi connectivity index (χ3v) is 8.18. The maximum absolute atomic E-state index is 11.6. The highest BCUT2D eigenvalue weighted by atomic mass is 28.4. The Morgan fingerprint density at radius 2 is 1.76 bits per heavy atom. The number of amides is 1. The Bertz CT molecular complexity index is 561. The summed E-state index contributed by atoms with van der Waals surface area (Å²) in [4.78, 5) is 23.2. The monoisotopic (exact) mass is 309 g/mol. The first-order valence-electron chi connectivity index (χ1n) is 6.71. The Morgan fingerprint density at radius 1 is 1.19 bits per heavy atom. The molecule has 0 aromatic heterocycles. The average molecular weight is 309 g/mol. The summed E-state index contributed by atoms with van der Waals surface area (Å²) < 4.78 is 10.8. The highest BCUT2D eigenvalue weighted by Gasteiger charge is 2.39. The predicted molar refractivity (Wildman–Crippen MR) is 84.1 cm³/mol. The first kappa shape index (κ1) is 17.2. The van der Waals surface area contributed by atoms with Crippen molar-refractivity contribution in [3.8, 4) is 5.75 Å². The van der Waals surface area contributed by atoms with Crippen molar-refractivity contribution in [3.05, 3.63) is 29.3 Å². The Morgan fingerprint density at radius 3 is 2.19 bits per heavy atom. The first-order valence-corrected chi connectivity index (χ1v) is 9.61. The zero-order valence-corrected chi connectivity index (χ0v) is 14.4. The van der Waals surface area contributed by atoms with Gasteiger partial charge in [-0.05, 0) is 36.3 Å². The summed E-state index contributed by atoms with van der Waals surface area (Å²) in [5.74, 6) is -0.729. The molecule has 0 bridgehead atoms. The molecule has 0 aliphatic rings. The van der Waals surface area contributed by atoms with E-state index in [1.54, 1.807) is 12.1 Å². The Kier molecular flexibility index (Phi) is 4.83. The number of rotatable bonds is 4. The largest absolute Gasteiger partial charge is 0.543 e. The molecule has 0 aliphatic heterocycles. The molecule has 1 amide bonds. The number of hydrogen-bond acceptors (Lipinski definition) is 4. The quantitative estimate of drug-likeness (QED) is 0.685. The van der Waals surface area contributed by atoms with Crippen LogP contribution in [0.3, 0.4) is 0 Å². The van der Waals surface area contributed by atoms with Crippen LogP contribution < -0.4 is 10.2 Å². The smallest absolute Gasteiger partial charge is 0.337 e. The third kappa shape index (κ3) is 3.84. The molecule has 0 unspecified atom stereocenters. The van der Waals surface area contributed by atoms with Crippen molar-refractivity contribution in [2.75, 3.05) is 7.11 Å². The van der Waals surface area contributed by atoms with Crippen molar-refractivity contribution in [1.82, 2.24) is 0 Å². The zero-order valence-electron chi connectivity index (χ0n) is 13.4. The van der Waals surface area contributed by atoms with E-state index in [2.05, 4.69) is 38.6 Å². The molecule has 0 heterocycles. The molecule has 0 atom stereocenters. The summed E-state index contributed by atoms with van der Waals surface area (Å²) in [5, 5.41) is -0.0110. The molecule has 0 saturated heterocycles. The van der Waals surface area contributed by atoms with E-state index < -0.39 is 20.2 Å². The fraction of sp³-hybridized carbons (Fsp3) is 0.467. The molecule has 0 spiro atoms. The van der Waals surface area contributed by atoms with E-state index in [4.69, 9.17) is 10.2 Å². The molecular weight excluding hydrogens is 286 g/mol. The fourth-order valence-corrected chi connectivity index (χ4v) is 2.52. The number of carbonyl (C=O) groups excluding carboxylic acids is 2. The molecule has 0 radical (unpaired) electrons. The number of carbonyl (C=O) groups is 2. The van der Waals surface area contributed by atoms with E-state index in [1.807, 2.05) is 0 Å². The lowest BCUT2D eigenvalue weighted by atomic mass is 10.1. The Hall–Kier alpha value is -1.82. The molecule has 0 fully saturated rings. The van der Waals surface area contributed by atoms with Crippen molar-refractivity contribution < 1.29 is 18.8 Å². The molecule has 1 aromatic rings. The van der Waals surface area contributed by atoms with Gasteiger partial charge < -0.3 is 14.9 Å². The second-order valence-electron chi connectivity index (χ2n) is 6.43. The topological polar surface area (TPSA) is 78.6 Å². The van der Waals surface area contributed by atoms with Crippen molar-refractivity contribution >= 4 is 20.2 Å². The third-order valence-electron chi connectivity index (χ3n) is 3.84. The second kappa shape index (κ2) is 5.89. The Balaban J connectivity index is 3.25. The van der Waals surface area contributed by atoms with Gasteiger partial charge in [-0.1, -0.05) is 20.8 Å². The van der Waals surface area contributed by atoms with E-state index in [1.165, 1.54) is 13.2 Å². The normalized spacial score (nSPS) is 11.9. The van der Waals surface area contributed by atoms with Gasteiger partial charge in [-0.2, -0.15) is 0 Å². The number of esters is 1. The maximum Gasteiger partial charge on any atom is 0.337 e. The molecule has 0 aliphatic carbocycles. The van der Waals surface area contributed by atoms with Crippen LogP contribution in [0.5, 0.6) is 5.75 Å². The zero-order chi connectivity index (χ0) is 16.4. The van der Waals surface area contributed by atoms with Crippen molar-refractivity contribution in [1.29, 1.82) is 0 Å². The van der Waals surface area contributed by atoms with Crippen LogP contribution in [0.2, 0.25) is 18.1 Å². The number of hydrogen-bond donors (Lipinski definition) is 1. The molecule has 2 N–H and O–H groups in total. The van der Waals surface area contributed by atoms with Crippen LogP contribution in [-0.4, -0.2) is 27.3 Å². The van der Waals surface area contributed by atoms with E-state index >= 15 is 0 Å². The van der Waals surface area contributed by atoms with Gasteiger partial charge in [0.05, 0.1) is 18.2 Å². The Labute approximate surface area is 126 Å². The van der Waals surface area contributed by atoms with E-state index in [9.17, 15) is 9.59 Å². The molecule has 5 nitrogen and oxygen atoms in total. The van der Waals surface area contributed by atoms with Gasteiger partial charge in [-0.3, -0.25) is 4.79 Å². The van der Waals surface area contributed by atoms with Crippen LogP contribution >= 0.6 is 0 Å². The number of benzene rings is 1. The molecule has 1 rings (SSSR count). The predicted octanol–water partition coefficient (Wildman–Crippen LogP) is 2.96. The van der Waals surface area contributed by atoms with Gasteiger partial charge in [0.1, 0.15) is 5.75 Å². The van der Waals surface area contributed by atoms with Gasteiger partial charge in [0, 0.05) is 0 Å². The van der Waals surface area contributed by atoms with Crippen LogP contribution in [0, 0.1) is 0 Å². The lowest BCUT2D eigenvalue weighted by Gasteiger charge is -2.36. The summed E-state index contributed by atoms with van der Waals surface area (Å²) in [6.45, 7) is 10.5. The summed E-state index contributed by atoms with van der Waals surface area (Å²) in [6.07, 6.45) is 0. The highest BCUT2D eigenvalue weighted by molar-refractivity contribution is 6.74. The van der Waals surface area contributed by atoms with Crippen LogP contribution in [0.15, 0.2) is 18.2 Å². The van der Waals surface area contributed by atoms with Crippen LogP contribution in [0.25, 0.3) is 0 Å². The van der Waals surface area contributed by atoms with Crippen LogP contribution in [0.1, 0.15) is 41.5 Å². The fourth-order valence-electron chi connectivity index (χ4n) is 1.48. The summed E-state index contributed by atoms with van der Waals surface area (Å²) in [6, 6.07) is 4.59. The average Bonchev–Trinajstić information content (AvgIpc) is 2.36.